The predicted molar refractivity (Wildman–Crippen MR) is 105 cm³/mol. The molecule has 0 aliphatic heterocycles. The summed E-state index contributed by atoms with van der Waals surface area (Å²) in [6.45, 7) is 3.76. The second-order valence-electron chi connectivity index (χ2n) is 6.25. The summed E-state index contributed by atoms with van der Waals surface area (Å²) in [5.74, 6) is 0.214. The van der Waals surface area contributed by atoms with Gasteiger partial charge in [-0.15, -0.1) is 5.10 Å². The van der Waals surface area contributed by atoms with Crippen molar-refractivity contribution in [3.63, 3.8) is 0 Å². The highest BCUT2D eigenvalue weighted by atomic mass is 35.5. The standard InChI is InChI=1S/C17H15Cl2N5O4/c1-7(2)9-6-12(23-24(3)16(9)26)28-14-10(18)4-8(5-11(14)19)13-15(25)20-17(27)22-21-13/h4-7H,1-3H3,(H2,20,22,25,27). The first-order valence-electron chi connectivity index (χ1n) is 8.12. The maximum absolute atomic E-state index is 12.1. The van der Waals surface area contributed by atoms with Gasteiger partial charge in [-0.05, 0) is 18.1 Å². The molecule has 0 radical (unpaired) electrons. The number of aryl methyl sites for hydroxylation is 1. The highest BCUT2D eigenvalue weighted by molar-refractivity contribution is 6.37. The topological polar surface area (TPSA) is 123 Å². The second kappa shape index (κ2) is 7.61. The van der Waals surface area contributed by atoms with Gasteiger partial charge in [0, 0.05) is 24.2 Å². The number of aromatic amines is 2. The number of nitrogens with one attached hydrogen (secondary N) is 2. The smallest absolute Gasteiger partial charge is 0.342 e. The van der Waals surface area contributed by atoms with Gasteiger partial charge in [0.15, 0.2) is 11.4 Å². The van der Waals surface area contributed by atoms with E-state index >= 15 is 0 Å². The van der Waals surface area contributed by atoms with E-state index in [0.29, 0.717) is 5.56 Å². The van der Waals surface area contributed by atoms with Gasteiger partial charge in [0.1, 0.15) is 0 Å². The summed E-state index contributed by atoms with van der Waals surface area (Å²) in [5, 5.41) is 10.1. The molecule has 1 aromatic carbocycles. The molecule has 146 valence electrons. The fraction of sp³-hybridized carbons (Fsp3) is 0.235. The Morgan fingerprint density at radius 1 is 1.11 bits per heavy atom. The van der Waals surface area contributed by atoms with Crippen LogP contribution in [0.2, 0.25) is 10.0 Å². The van der Waals surface area contributed by atoms with Gasteiger partial charge in [0.2, 0.25) is 5.88 Å². The number of hydrogen-bond acceptors (Lipinski definition) is 6. The lowest BCUT2D eigenvalue weighted by Crippen LogP contribution is -2.25. The van der Waals surface area contributed by atoms with E-state index in [9.17, 15) is 14.4 Å². The van der Waals surface area contributed by atoms with Gasteiger partial charge in [-0.1, -0.05) is 37.0 Å². The van der Waals surface area contributed by atoms with E-state index in [1.807, 2.05) is 13.8 Å². The van der Waals surface area contributed by atoms with Crippen LogP contribution in [-0.4, -0.2) is 25.0 Å². The average molecular weight is 424 g/mol. The molecule has 0 bridgehead atoms. The molecule has 0 spiro atoms. The maximum atomic E-state index is 12.1. The molecule has 0 amide bonds. The number of H-pyrrole nitrogens is 2. The van der Waals surface area contributed by atoms with Crippen molar-refractivity contribution in [2.75, 3.05) is 0 Å². The number of aromatic nitrogens is 5. The Morgan fingerprint density at radius 3 is 2.32 bits per heavy atom. The Kier molecular flexibility index (Phi) is 5.39. The highest BCUT2D eigenvalue weighted by Gasteiger charge is 2.17. The van der Waals surface area contributed by atoms with E-state index in [0.717, 1.165) is 0 Å². The number of rotatable bonds is 4. The number of hydrogen-bond donors (Lipinski definition) is 2. The van der Waals surface area contributed by atoms with Crippen LogP contribution in [0.25, 0.3) is 11.3 Å². The lowest BCUT2D eigenvalue weighted by Gasteiger charge is -2.13. The van der Waals surface area contributed by atoms with E-state index in [1.54, 1.807) is 0 Å². The maximum Gasteiger partial charge on any atom is 0.342 e. The van der Waals surface area contributed by atoms with Gasteiger partial charge in [-0.25, -0.2) is 14.6 Å². The minimum atomic E-state index is -0.729. The summed E-state index contributed by atoms with van der Waals surface area (Å²) in [6.07, 6.45) is 0. The molecule has 9 nitrogen and oxygen atoms in total. The molecule has 0 saturated carbocycles. The van der Waals surface area contributed by atoms with Crippen LogP contribution in [0.3, 0.4) is 0 Å². The second-order valence-corrected chi connectivity index (χ2v) is 7.06. The quantitative estimate of drug-likeness (QED) is 0.663. The summed E-state index contributed by atoms with van der Waals surface area (Å²) in [5.41, 5.74) is -0.884. The third-order valence-corrected chi connectivity index (χ3v) is 4.44. The fourth-order valence-electron chi connectivity index (χ4n) is 2.51. The van der Waals surface area contributed by atoms with Crippen LogP contribution in [0.4, 0.5) is 0 Å². The summed E-state index contributed by atoms with van der Waals surface area (Å²) >= 11 is 12.5. The number of benzene rings is 1. The molecule has 0 saturated heterocycles. The molecule has 2 aromatic heterocycles. The summed E-state index contributed by atoms with van der Waals surface area (Å²) in [7, 11) is 1.52. The van der Waals surface area contributed by atoms with E-state index in [-0.39, 0.29) is 44.4 Å². The van der Waals surface area contributed by atoms with Crippen LogP contribution in [0.15, 0.2) is 32.6 Å². The molecule has 3 aromatic rings. The summed E-state index contributed by atoms with van der Waals surface area (Å²) < 4.78 is 6.88. The first kappa shape index (κ1) is 19.8. The average Bonchev–Trinajstić information content (AvgIpc) is 2.60. The van der Waals surface area contributed by atoms with Crippen LogP contribution in [-0.2, 0) is 7.05 Å². The monoisotopic (exact) mass is 423 g/mol. The number of halogens is 2. The van der Waals surface area contributed by atoms with Gasteiger partial charge < -0.3 is 4.74 Å². The van der Waals surface area contributed by atoms with Crippen molar-refractivity contribution in [1.29, 1.82) is 0 Å². The van der Waals surface area contributed by atoms with Crippen molar-refractivity contribution in [3.8, 4) is 22.9 Å². The van der Waals surface area contributed by atoms with Gasteiger partial charge in [0.25, 0.3) is 11.1 Å². The molecule has 2 N–H and O–H groups in total. The zero-order valence-electron chi connectivity index (χ0n) is 15.0. The predicted octanol–water partition coefficient (Wildman–Crippen LogP) is 2.44. The normalized spacial score (nSPS) is 11.1. The van der Waals surface area contributed by atoms with Crippen molar-refractivity contribution < 1.29 is 4.74 Å². The first-order chi connectivity index (χ1) is 13.2. The minimum absolute atomic E-state index is 0.0320. The van der Waals surface area contributed by atoms with Crippen molar-refractivity contribution in [2.45, 2.75) is 19.8 Å². The van der Waals surface area contributed by atoms with Gasteiger partial charge in [-0.2, -0.15) is 5.10 Å². The van der Waals surface area contributed by atoms with Crippen LogP contribution >= 0.6 is 23.2 Å². The molecule has 0 unspecified atom stereocenters. The molecule has 0 aliphatic carbocycles. The molecule has 0 aliphatic rings. The van der Waals surface area contributed by atoms with Gasteiger partial charge >= 0.3 is 5.69 Å². The largest absolute Gasteiger partial charge is 0.434 e. The molecule has 0 fully saturated rings. The summed E-state index contributed by atoms with van der Waals surface area (Å²) in [4.78, 5) is 37.2. The Balaban J connectivity index is 2.04. The molecule has 3 rings (SSSR count). The van der Waals surface area contributed by atoms with Gasteiger partial charge in [-0.3, -0.25) is 14.6 Å². The summed E-state index contributed by atoms with van der Waals surface area (Å²) in [6, 6.07) is 4.37. The van der Waals surface area contributed by atoms with E-state index in [1.165, 1.54) is 29.9 Å². The first-order valence-corrected chi connectivity index (χ1v) is 8.87. The lowest BCUT2D eigenvalue weighted by molar-refractivity contribution is 0.437. The van der Waals surface area contributed by atoms with E-state index in [2.05, 4.69) is 20.3 Å². The zero-order valence-corrected chi connectivity index (χ0v) is 16.6. The molecule has 11 heteroatoms. The molecule has 28 heavy (non-hydrogen) atoms. The Bertz CT molecular complexity index is 1210. The molecular formula is C17H15Cl2N5O4. The highest BCUT2D eigenvalue weighted by Crippen LogP contribution is 2.38. The van der Waals surface area contributed by atoms with Crippen molar-refractivity contribution in [1.82, 2.24) is 25.0 Å². The van der Waals surface area contributed by atoms with Gasteiger partial charge in [0.05, 0.1) is 10.0 Å². The van der Waals surface area contributed by atoms with Crippen molar-refractivity contribution in [2.24, 2.45) is 7.05 Å². The fourth-order valence-corrected chi connectivity index (χ4v) is 3.07. The van der Waals surface area contributed by atoms with Crippen LogP contribution in [0.5, 0.6) is 11.6 Å². The Hall–Kier alpha value is -2.91. The van der Waals surface area contributed by atoms with Crippen molar-refractivity contribution >= 4 is 23.2 Å². The van der Waals surface area contributed by atoms with Crippen LogP contribution in [0.1, 0.15) is 25.3 Å². The lowest BCUT2D eigenvalue weighted by atomic mass is 10.1. The molecular weight excluding hydrogens is 409 g/mol. The Labute approximate surface area is 167 Å². The molecule has 2 heterocycles. The molecule has 0 atom stereocenters. The number of ether oxygens (including phenoxy) is 1. The van der Waals surface area contributed by atoms with E-state index < -0.39 is 11.2 Å². The third kappa shape index (κ3) is 3.85. The minimum Gasteiger partial charge on any atom is -0.434 e. The number of nitrogens with zero attached hydrogens (tertiary/aromatic N) is 3. The SMILES string of the molecule is CC(C)c1cc(Oc2c(Cl)cc(-c3n[nH]c(=O)[nH]c3=O)cc2Cl)nn(C)c1=O. The van der Waals surface area contributed by atoms with E-state index in [4.69, 9.17) is 27.9 Å². The zero-order chi connectivity index (χ0) is 20.6. The third-order valence-electron chi connectivity index (χ3n) is 3.88. The van der Waals surface area contributed by atoms with Crippen LogP contribution in [0, 0.1) is 0 Å². The van der Waals surface area contributed by atoms with Crippen LogP contribution < -0.4 is 21.5 Å². The van der Waals surface area contributed by atoms with Crippen molar-refractivity contribution in [3.05, 3.63) is 65.0 Å². The Morgan fingerprint density at radius 2 is 1.75 bits per heavy atom.